The van der Waals surface area contributed by atoms with Gasteiger partial charge in [0, 0.05) is 11.1 Å². The number of aliphatic carboxylic acids is 2. The molecule has 33 heavy (non-hydrogen) atoms. The second kappa shape index (κ2) is 10.0. The molecule has 0 aliphatic carbocycles. The number of carbonyl (C=O) groups is 5. The molecule has 4 atom stereocenters. The minimum Gasteiger partial charge on any atom is -0.481 e. The Morgan fingerprint density at radius 3 is 2.73 bits per heavy atom. The summed E-state index contributed by atoms with van der Waals surface area (Å²) in [6.45, 7) is 0.829. The van der Waals surface area contributed by atoms with Gasteiger partial charge in [0.2, 0.25) is 6.10 Å². The molecule has 0 saturated carbocycles. The number of oxime groups is 1. The van der Waals surface area contributed by atoms with Crippen molar-refractivity contribution in [3.05, 3.63) is 11.1 Å². The zero-order valence-corrected chi connectivity index (χ0v) is 18.6. The van der Waals surface area contributed by atoms with E-state index in [4.69, 9.17) is 20.4 Å². The van der Waals surface area contributed by atoms with Crippen LogP contribution in [0.4, 0.5) is 5.13 Å². The molecule has 2 aliphatic rings. The number of rotatable bonds is 7. The van der Waals surface area contributed by atoms with Crippen molar-refractivity contribution < 1.29 is 43.8 Å². The molecule has 1 aromatic rings. The largest absolute Gasteiger partial charge is 0.481 e. The molecule has 3 heterocycles. The highest BCUT2D eigenvalue weighted by Crippen LogP contribution is 2.33. The fourth-order valence-corrected chi connectivity index (χ4v) is 4.76. The van der Waals surface area contributed by atoms with Crippen molar-refractivity contribution in [2.75, 3.05) is 18.2 Å². The Hall–Kier alpha value is -3.40. The molecule has 178 valence electrons. The fraction of sp³-hybridized carbons (Fsp3) is 0.471. The smallest absolute Gasteiger partial charge is 0.347 e. The van der Waals surface area contributed by atoms with Crippen LogP contribution < -0.4 is 11.1 Å². The number of carboxylic acids is 2. The van der Waals surface area contributed by atoms with Crippen LogP contribution in [0, 0.1) is 5.92 Å². The van der Waals surface area contributed by atoms with Gasteiger partial charge < -0.3 is 30.8 Å². The molecule has 16 heteroatoms. The van der Waals surface area contributed by atoms with Gasteiger partial charge in [-0.25, -0.2) is 9.78 Å². The number of thioether (sulfide) groups is 1. The lowest BCUT2D eigenvalue weighted by molar-refractivity contribution is -0.165. The number of carboxylic acid groups (broad SMARTS) is 2. The summed E-state index contributed by atoms with van der Waals surface area (Å²) in [6.07, 6.45) is -1.70. The molecule has 0 spiro atoms. The molecule has 3 rings (SSSR count). The second-order valence-electron chi connectivity index (χ2n) is 6.96. The molecule has 2 aliphatic heterocycles. The molecule has 1 aromatic heterocycles. The predicted molar refractivity (Wildman–Crippen MR) is 113 cm³/mol. The first-order valence-electron chi connectivity index (χ1n) is 9.37. The van der Waals surface area contributed by atoms with Crippen molar-refractivity contribution in [3.63, 3.8) is 0 Å². The molecule has 14 nitrogen and oxygen atoms in total. The number of amides is 2. The van der Waals surface area contributed by atoms with Crippen LogP contribution in [0.15, 0.2) is 10.5 Å². The Morgan fingerprint density at radius 1 is 1.39 bits per heavy atom. The number of ether oxygens (including phenoxy) is 1. The quantitative estimate of drug-likeness (QED) is 0.152. The molecule has 0 aromatic carbocycles. The summed E-state index contributed by atoms with van der Waals surface area (Å²) in [4.78, 5) is 69.6. The van der Waals surface area contributed by atoms with E-state index in [0.29, 0.717) is 0 Å². The zero-order valence-electron chi connectivity index (χ0n) is 17.0. The van der Waals surface area contributed by atoms with Crippen molar-refractivity contribution in [1.29, 1.82) is 0 Å². The van der Waals surface area contributed by atoms with E-state index in [-0.39, 0.29) is 29.7 Å². The van der Waals surface area contributed by atoms with Crippen LogP contribution in [0.3, 0.4) is 0 Å². The third-order valence-corrected chi connectivity index (χ3v) is 6.79. The van der Waals surface area contributed by atoms with Crippen LogP contribution in [0.1, 0.15) is 19.0 Å². The van der Waals surface area contributed by atoms with E-state index < -0.39 is 58.9 Å². The maximum atomic E-state index is 12.9. The van der Waals surface area contributed by atoms with Crippen molar-refractivity contribution in [2.24, 2.45) is 11.1 Å². The Balaban J connectivity index is 1.77. The number of carbonyl (C=O) groups excluding carboxylic acids is 3. The van der Waals surface area contributed by atoms with Crippen molar-refractivity contribution in [3.8, 4) is 0 Å². The van der Waals surface area contributed by atoms with E-state index in [1.807, 2.05) is 0 Å². The highest BCUT2D eigenvalue weighted by atomic mass is 32.2. The molecule has 2 amide bonds. The van der Waals surface area contributed by atoms with Crippen molar-refractivity contribution in [1.82, 2.24) is 15.2 Å². The number of thiazole rings is 1. The van der Waals surface area contributed by atoms with Gasteiger partial charge in [0.1, 0.15) is 17.1 Å². The van der Waals surface area contributed by atoms with Gasteiger partial charge in [-0.2, -0.15) is 0 Å². The number of nitrogens with one attached hydrogen (secondary N) is 1. The highest BCUT2D eigenvalue weighted by molar-refractivity contribution is 8.00. The second-order valence-corrected chi connectivity index (χ2v) is 9.00. The SMILES string of the molecule is C[C@H](O/N=C(\C(=O)N[C@@H]1C(=O)N2COC(=O)C[C@H](C(=O)O)CS[C@H]12)c1csc(N)n1)C(=O)O. The van der Waals surface area contributed by atoms with Gasteiger partial charge in [-0.05, 0) is 6.92 Å². The average Bonchev–Trinajstić information content (AvgIpc) is 3.20. The molecule has 5 N–H and O–H groups in total. The monoisotopic (exact) mass is 501 g/mol. The molecule has 0 radical (unpaired) electrons. The lowest BCUT2D eigenvalue weighted by atomic mass is 10.1. The zero-order chi connectivity index (χ0) is 24.3. The number of aromatic nitrogens is 1. The average molecular weight is 501 g/mol. The van der Waals surface area contributed by atoms with Gasteiger partial charge in [0.15, 0.2) is 17.6 Å². The summed E-state index contributed by atoms with van der Waals surface area (Å²) in [5.41, 5.74) is 5.21. The Morgan fingerprint density at radius 2 is 2.12 bits per heavy atom. The fourth-order valence-electron chi connectivity index (χ4n) is 2.80. The number of hydrogen-bond acceptors (Lipinski definition) is 12. The van der Waals surface area contributed by atoms with Crippen LogP contribution in [-0.4, -0.2) is 85.5 Å². The molecular formula is C17H19N5O9S2. The number of hydrogen-bond donors (Lipinski definition) is 4. The van der Waals surface area contributed by atoms with E-state index in [0.717, 1.165) is 23.1 Å². The first-order valence-corrected chi connectivity index (χ1v) is 11.3. The number of nitrogens with two attached hydrogens (primary N) is 1. The Kier molecular flexibility index (Phi) is 7.37. The van der Waals surface area contributed by atoms with Crippen LogP contribution in [-0.2, 0) is 33.5 Å². The molecule has 2 saturated heterocycles. The topological polar surface area (TPSA) is 211 Å². The van der Waals surface area contributed by atoms with Gasteiger partial charge in [-0.3, -0.25) is 24.1 Å². The molecule has 2 fully saturated rings. The van der Waals surface area contributed by atoms with Gasteiger partial charge in [0.25, 0.3) is 11.8 Å². The number of fused-ring (bicyclic) bond motifs is 1. The summed E-state index contributed by atoms with van der Waals surface area (Å²) in [6, 6.07) is -1.08. The third kappa shape index (κ3) is 5.51. The maximum Gasteiger partial charge on any atom is 0.347 e. The molecular weight excluding hydrogens is 482 g/mol. The van der Waals surface area contributed by atoms with Crippen LogP contribution in [0.2, 0.25) is 0 Å². The van der Waals surface area contributed by atoms with E-state index in [1.165, 1.54) is 17.2 Å². The van der Waals surface area contributed by atoms with Gasteiger partial charge in [-0.15, -0.1) is 23.1 Å². The number of cyclic esters (lactones) is 1. The van der Waals surface area contributed by atoms with Crippen LogP contribution in [0.25, 0.3) is 0 Å². The molecule has 0 bridgehead atoms. The van der Waals surface area contributed by atoms with E-state index in [2.05, 4.69) is 15.5 Å². The van der Waals surface area contributed by atoms with Gasteiger partial charge >= 0.3 is 17.9 Å². The summed E-state index contributed by atoms with van der Waals surface area (Å²) < 4.78 is 4.96. The third-order valence-electron chi connectivity index (χ3n) is 4.65. The summed E-state index contributed by atoms with van der Waals surface area (Å²) in [5, 5.41) is 25.1. The van der Waals surface area contributed by atoms with Gasteiger partial charge in [-0.1, -0.05) is 5.16 Å². The van der Waals surface area contributed by atoms with Crippen molar-refractivity contribution >= 4 is 63.7 Å². The van der Waals surface area contributed by atoms with Crippen molar-refractivity contribution in [2.45, 2.75) is 30.9 Å². The molecule has 0 unspecified atom stereocenters. The van der Waals surface area contributed by atoms with E-state index in [9.17, 15) is 29.1 Å². The van der Waals surface area contributed by atoms with Crippen LogP contribution >= 0.6 is 23.1 Å². The van der Waals surface area contributed by atoms with E-state index in [1.54, 1.807) is 0 Å². The normalized spacial score (nSPS) is 24.2. The first-order chi connectivity index (χ1) is 15.6. The Bertz CT molecular complexity index is 1010. The minimum atomic E-state index is -1.36. The first kappa shape index (κ1) is 24.2. The number of β-lactam (4-membered cyclic amide) rings is 1. The number of anilines is 1. The summed E-state index contributed by atoms with van der Waals surface area (Å²) in [7, 11) is 0. The van der Waals surface area contributed by atoms with E-state index >= 15 is 0 Å². The summed E-state index contributed by atoms with van der Waals surface area (Å²) in [5.74, 6) is -5.69. The number of esters is 1. The maximum absolute atomic E-state index is 12.9. The minimum absolute atomic E-state index is 0.00799. The highest BCUT2D eigenvalue weighted by Gasteiger charge is 2.50. The van der Waals surface area contributed by atoms with Crippen LogP contribution in [0.5, 0.6) is 0 Å². The standard InChI is InChI=1S/C17H19N5O9S2/c1-6(15(26)27)31-21-10(8-4-33-17(18)19-8)12(24)20-11-13(25)22-5-30-9(23)2-7(16(28)29)3-32-14(11)22/h4,6-7,11,14H,2-3,5H2,1H3,(H2,18,19)(H,20,24)(H,26,27)(H,28,29)/b21-10-/t6-,7-,11+,14+/m0/s1. The lowest BCUT2D eigenvalue weighted by Crippen LogP contribution is -2.70. The number of nitrogens with zero attached hydrogens (tertiary/aromatic N) is 3. The summed E-state index contributed by atoms with van der Waals surface area (Å²) >= 11 is 2.09. The Labute approximate surface area is 194 Å². The lowest BCUT2D eigenvalue weighted by Gasteiger charge is -2.45. The predicted octanol–water partition coefficient (Wildman–Crippen LogP) is -1.09. The number of nitrogen functional groups attached to an aromatic ring is 1. The van der Waals surface area contributed by atoms with Gasteiger partial charge in [0.05, 0.1) is 12.3 Å².